The normalized spacial score (nSPS) is 10.0. The predicted molar refractivity (Wildman–Crippen MR) is 69.9 cm³/mol. The molecule has 2 aromatic rings. The molecular formula is C14H9ClF2N2. The second-order valence-corrected chi connectivity index (χ2v) is 4.34. The van der Waals surface area contributed by atoms with Gasteiger partial charge in [0.2, 0.25) is 0 Å². The lowest BCUT2D eigenvalue weighted by Crippen LogP contribution is -2.01. The maximum atomic E-state index is 13.0. The first-order valence-corrected chi connectivity index (χ1v) is 5.85. The van der Waals surface area contributed by atoms with Gasteiger partial charge in [-0.2, -0.15) is 5.26 Å². The molecule has 96 valence electrons. The Bertz CT molecular complexity index is 630. The van der Waals surface area contributed by atoms with Crippen LogP contribution in [0.15, 0.2) is 36.4 Å². The highest BCUT2D eigenvalue weighted by molar-refractivity contribution is 6.31. The summed E-state index contributed by atoms with van der Waals surface area (Å²) >= 11 is 5.81. The van der Waals surface area contributed by atoms with E-state index >= 15 is 0 Å². The maximum absolute atomic E-state index is 13.0. The first kappa shape index (κ1) is 13.3. The molecule has 0 radical (unpaired) electrons. The minimum Gasteiger partial charge on any atom is -0.381 e. The van der Waals surface area contributed by atoms with Gasteiger partial charge in [-0.15, -0.1) is 0 Å². The van der Waals surface area contributed by atoms with Gasteiger partial charge in [0.1, 0.15) is 17.7 Å². The Labute approximate surface area is 114 Å². The van der Waals surface area contributed by atoms with Gasteiger partial charge in [0.15, 0.2) is 0 Å². The van der Waals surface area contributed by atoms with Crippen LogP contribution in [0.4, 0.5) is 14.5 Å². The molecule has 0 fully saturated rings. The van der Waals surface area contributed by atoms with E-state index in [4.69, 9.17) is 16.9 Å². The molecular weight excluding hydrogens is 270 g/mol. The Morgan fingerprint density at radius 2 is 1.79 bits per heavy atom. The lowest BCUT2D eigenvalue weighted by atomic mass is 10.2. The van der Waals surface area contributed by atoms with Gasteiger partial charge in [-0.25, -0.2) is 8.78 Å². The second kappa shape index (κ2) is 5.68. The van der Waals surface area contributed by atoms with Crippen LogP contribution in [0, 0.1) is 23.0 Å². The highest BCUT2D eigenvalue weighted by Gasteiger charge is 2.03. The van der Waals surface area contributed by atoms with E-state index < -0.39 is 11.6 Å². The number of nitriles is 1. The summed E-state index contributed by atoms with van der Waals surface area (Å²) in [6.45, 7) is 0.251. The smallest absolute Gasteiger partial charge is 0.126 e. The third-order valence-corrected chi connectivity index (χ3v) is 2.84. The van der Waals surface area contributed by atoms with Crippen LogP contribution in [0.1, 0.15) is 11.1 Å². The van der Waals surface area contributed by atoms with Crippen molar-refractivity contribution in [1.29, 1.82) is 5.26 Å². The molecule has 0 saturated carbocycles. The van der Waals surface area contributed by atoms with Crippen LogP contribution in [0.25, 0.3) is 0 Å². The van der Waals surface area contributed by atoms with Gasteiger partial charge in [-0.05, 0) is 35.9 Å². The monoisotopic (exact) mass is 278 g/mol. The molecule has 19 heavy (non-hydrogen) atoms. The third-order valence-electron chi connectivity index (χ3n) is 2.51. The molecule has 2 aromatic carbocycles. The van der Waals surface area contributed by atoms with Crippen molar-refractivity contribution in [3.05, 3.63) is 64.2 Å². The number of nitrogens with zero attached hydrogens (tertiary/aromatic N) is 1. The molecule has 0 saturated heterocycles. The zero-order chi connectivity index (χ0) is 13.8. The summed E-state index contributed by atoms with van der Waals surface area (Å²) in [5.41, 5.74) is 1.48. The molecule has 2 rings (SSSR count). The number of anilines is 1. The van der Waals surface area contributed by atoms with E-state index in [0.717, 1.165) is 6.07 Å². The summed E-state index contributed by atoms with van der Waals surface area (Å²) in [4.78, 5) is 0. The predicted octanol–water partition coefficient (Wildman–Crippen LogP) is 4.10. The van der Waals surface area contributed by atoms with Crippen molar-refractivity contribution < 1.29 is 8.78 Å². The van der Waals surface area contributed by atoms with Gasteiger partial charge in [0, 0.05) is 18.3 Å². The van der Waals surface area contributed by atoms with Gasteiger partial charge >= 0.3 is 0 Å². The fraction of sp³-hybridized carbons (Fsp3) is 0.0714. The Morgan fingerprint density at radius 3 is 2.42 bits per heavy atom. The molecule has 0 aliphatic heterocycles. The summed E-state index contributed by atoms with van der Waals surface area (Å²) in [6, 6.07) is 10.1. The van der Waals surface area contributed by atoms with Crippen molar-refractivity contribution in [3.8, 4) is 6.07 Å². The largest absolute Gasteiger partial charge is 0.381 e. The van der Waals surface area contributed by atoms with E-state index in [2.05, 4.69) is 5.32 Å². The van der Waals surface area contributed by atoms with E-state index in [0.29, 0.717) is 21.8 Å². The van der Waals surface area contributed by atoms with Crippen LogP contribution < -0.4 is 5.32 Å². The van der Waals surface area contributed by atoms with E-state index in [1.54, 1.807) is 18.2 Å². The van der Waals surface area contributed by atoms with Crippen LogP contribution in [0.5, 0.6) is 0 Å². The summed E-state index contributed by atoms with van der Waals surface area (Å²) in [7, 11) is 0. The van der Waals surface area contributed by atoms with Crippen LogP contribution in [-0.4, -0.2) is 0 Å². The van der Waals surface area contributed by atoms with Gasteiger partial charge in [-0.3, -0.25) is 0 Å². The molecule has 2 nitrogen and oxygen atoms in total. The molecule has 0 bridgehead atoms. The van der Waals surface area contributed by atoms with Gasteiger partial charge in [-0.1, -0.05) is 11.6 Å². The maximum Gasteiger partial charge on any atom is 0.126 e. The fourth-order valence-corrected chi connectivity index (χ4v) is 1.80. The summed E-state index contributed by atoms with van der Waals surface area (Å²) in [5.74, 6) is -1.24. The van der Waals surface area contributed by atoms with E-state index in [-0.39, 0.29) is 6.54 Å². The van der Waals surface area contributed by atoms with Gasteiger partial charge in [0.25, 0.3) is 0 Å². The number of rotatable bonds is 3. The lowest BCUT2D eigenvalue weighted by molar-refractivity contribution is 0.580. The second-order valence-electron chi connectivity index (χ2n) is 3.94. The Morgan fingerprint density at radius 1 is 1.11 bits per heavy atom. The van der Waals surface area contributed by atoms with Crippen LogP contribution in [-0.2, 0) is 6.54 Å². The lowest BCUT2D eigenvalue weighted by Gasteiger charge is -2.08. The van der Waals surface area contributed by atoms with Crippen LogP contribution >= 0.6 is 11.6 Å². The number of hydrogen-bond donors (Lipinski definition) is 1. The molecule has 0 aromatic heterocycles. The van der Waals surface area contributed by atoms with Crippen LogP contribution in [0.3, 0.4) is 0 Å². The SMILES string of the molecule is N#Cc1cc(NCc2cc(F)cc(F)c2)ccc1Cl. The molecule has 0 spiro atoms. The highest BCUT2D eigenvalue weighted by atomic mass is 35.5. The number of benzene rings is 2. The first-order valence-electron chi connectivity index (χ1n) is 5.47. The number of halogens is 3. The zero-order valence-corrected chi connectivity index (χ0v) is 10.5. The average molecular weight is 279 g/mol. The first-order chi connectivity index (χ1) is 9.08. The minimum absolute atomic E-state index is 0.251. The summed E-state index contributed by atoms with van der Waals surface area (Å²) < 4.78 is 26.0. The molecule has 0 heterocycles. The Balaban J connectivity index is 2.12. The standard InChI is InChI=1S/C14H9ClF2N2/c15-14-2-1-13(5-10(14)7-18)19-8-9-3-11(16)6-12(17)4-9/h1-6,19H,8H2. The van der Waals surface area contributed by atoms with Crippen molar-refractivity contribution in [2.24, 2.45) is 0 Å². The summed E-state index contributed by atoms with van der Waals surface area (Å²) in [5, 5.41) is 12.2. The Hall–Kier alpha value is -2.12. The van der Waals surface area contributed by atoms with Crippen LogP contribution in [0.2, 0.25) is 5.02 Å². The minimum atomic E-state index is -0.620. The average Bonchev–Trinajstić information content (AvgIpc) is 2.36. The quantitative estimate of drug-likeness (QED) is 0.917. The number of hydrogen-bond acceptors (Lipinski definition) is 2. The molecule has 0 aliphatic rings. The topological polar surface area (TPSA) is 35.8 Å². The third kappa shape index (κ3) is 3.43. The molecule has 0 unspecified atom stereocenters. The van der Waals surface area contributed by atoms with E-state index in [9.17, 15) is 8.78 Å². The van der Waals surface area contributed by atoms with Crippen molar-refractivity contribution >= 4 is 17.3 Å². The van der Waals surface area contributed by atoms with Gasteiger partial charge < -0.3 is 5.32 Å². The Kier molecular flexibility index (Phi) is 3.98. The fourth-order valence-electron chi connectivity index (χ4n) is 1.64. The summed E-state index contributed by atoms with van der Waals surface area (Å²) in [6.07, 6.45) is 0. The highest BCUT2D eigenvalue weighted by Crippen LogP contribution is 2.20. The molecule has 1 N–H and O–H groups in total. The molecule has 5 heteroatoms. The van der Waals surface area contributed by atoms with E-state index in [1.165, 1.54) is 12.1 Å². The van der Waals surface area contributed by atoms with Crippen molar-refractivity contribution in [1.82, 2.24) is 0 Å². The van der Waals surface area contributed by atoms with Crippen molar-refractivity contribution in [3.63, 3.8) is 0 Å². The zero-order valence-electron chi connectivity index (χ0n) is 9.75. The molecule has 0 atom stereocenters. The molecule has 0 amide bonds. The van der Waals surface area contributed by atoms with E-state index in [1.807, 2.05) is 6.07 Å². The number of nitrogens with one attached hydrogen (secondary N) is 1. The molecule has 0 aliphatic carbocycles. The van der Waals surface area contributed by atoms with Gasteiger partial charge in [0.05, 0.1) is 10.6 Å². The van der Waals surface area contributed by atoms with Crippen molar-refractivity contribution in [2.45, 2.75) is 6.54 Å². The van der Waals surface area contributed by atoms with Crippen molar-refractivity contribution in [2.75, 3.05) is 5.32 Å².